The molecule has 1 aliphatic rings. The number of halogens is 2. The van der Waals surface area contributed by atoms with Crippen LogP contribution in [0.3, 0.4) is 0 Å². The van der Waals surface area contributed by atoms with E-state index in [1.807, 2.05) is 0 Å². The first kappa shape index (κ1) is 13.4. The Hall–Kier alpha value is -1.00. The summed E-state index contributed by atoms with van der Waals surface area (Å²) in [4.78, 5) is 0. The molecule has 1 aliphatic heterocycles. The van der Waals surface area contributed by atoms with Crippen molar-refractivity contribution in [3.05, 3.63) is 22.5 Å². The fourth-order valence-corrected chi connectivity index (χ4v) is 2.58. The van der Waals surface area contributed by atoms with Crippen molar-refractivity contribution < 1.29 is 14.2 Å². The van der Waals surface area contributed by atoms with Crippen LogP contribution < -0.4 is 10.1 Å². The molecule has 0 unspecified atom stereocenters. The summed E-state index contributed by atoms with van der Waals surface area (Å²) in [6.07, 6.45) is 2.60. The number of hydrogen-bond acceptors (Lipinski definition) is 3. The van der Waals surface area contributed by atoms with Gasteiger partial charge in [-0.25, -0.2) is 4.39 Å². The van der Waals surface area contributed by atoms with Gasteiger partial charge < -0.3 is 15.2 Å². The lowest BCUT2D eigenvalue weighted by Gasteiger charge is -2.23. The molecule has 1 fully saturated rings. The summed E-state index contributed by atoms with van der Waals surface area (Å²) in [6, 6.07) is 1.11. The van der Waals surface area contributed by atoms with Crippen LogP contribution in [0.2, 0.25) is 5.02 Å². The second kappa shape index (κ2) is 5.76. The maximum Gasteiger partial charge on any atom is 0.163 e. The Kier molecular flexibility index (Phi) is 4.30. The van der Waals surface area contributed by atoms with Crippen molar-refractivity contribution >= 4 is 11.6 Å². The van der Waals surface area contributed by atoms with Crippen molar-refractivity contribution in [2.75, 3.05) is 20.2 Å². The maximum atomic E-state index is 13.6. The van der Waals surface area contributed by atoms with E-state index in [0.717, 1.165) is 32.0 Å². The van der Waals surface area contributed by atoms with Crippen LogP contribution in [0.5, 0.6) is 11.5 Å². The third kappa shape index (κ3) is 2.70. The molecule has 0 aromatic heterocycles. The third-order valence-corrected chi connectivity index (χ3v) is 3.83. The topological polar surface area (TPSA) is 41.5 Å². The molecular weight excluding hydrogens is 257 g/mol. The van der Waals surface area contributed by atoms with Crippen LogP contribution >= 0.6 is 11.6 Å². The predicted octanol–water partition coefficient (Wildman–Crippen LogP) is 2.74. The highest BCUT2D eigenvalue weighted by Gasteiger charge is 2.21. The second-order valence-electron chi connectivity index (χ2n) is 4.60. The number of methoxy groups -OCH3 is 1. The van der Waals surface area contributed by atoms with Crippen molar-refractivity contribution in [3.63, 3.8) is 0 Å². The van der Waals surface area contributed by atoms with Crippen molar-refractivity contribution in [2.24, 2.45) is 5.92 Å². The van der Waals surface area contributed by atoms with Gasteiger partial charge in [0.25, 0.3) is 0 Å². The molecule has 1 aromatic carbocycles. The first-order chi connectivity index (χ1) is 8.63. The number of aromatic hydroxyl groups is 1. The molecule has 1 aromatic rings. The van der Waals surface area contributed by atoms with Gasteiger partial charge in [0, 0.05) is 11.6 Å². The minimum atomic E-state index is -0.546. The van der Waals surface area contributed by atoms with Crippen LogP contribution in [0, 0.1) is 11.7 Å². The summed E-state index contributed by atoms with van der Waals surface area (Å²) in [5, 5.41) is 13.3. The quantitative estimate of drug-likeness (QED) is 0.890. The number of nitrogens with one attached hydrogen (secondary N) is 1. The van der Waals surface area contributed by atoms with Gasteiger partial charge >= 0.3 is 0 Å². The molecule has 0 atom stereocenters. The first-order valence-electron chi connectivity index (χ1n) is 6.08. The van der Waals surface area contributed by atoms with Crippen LogP contribution in [0.1, 0.15) is 18.4 Å². The number of ether oxygens (including phenoxy) is 1. The smallest absolute Gasteiger partial charge is 0.163 e. The molecule has 100 valence electrons. The van der Waals surface area contributed by atoms with Crippen LogP contribution in [-0.4, -0.2) is 25.3 Å². The lowest BCUT2D eigenvalue weighted by molar-refractivity contribution is 0.349. The summed E-state index contributed by atoms with van der Waals surface area (Å²) in [5.74, 6) is -0.0281. The van der Waals surface area contributed by atoms with Crippen LogP contribution in [0.4, 0.5) is 4.39 Å². The van der Waals surface area contributed by atoms with Gasteiger partial charge in [0.1, 0.15) is 5.82 Å². The van der Waals surface area contributed by atoms with E-state index in [2.05, 4.69) is 5.32 Å². The van der Waals surface area contributed by atoms with E-state index in [0.29, 0.717) is 17.9 Å². The summed E-state index contributed by atoms with van der Waals surface area (Å²) in [5.41, 5.74) is 0.459. The van der Waals surface area contributed by atoms with E-state index >= 15 is 0 Å². The van der Waals surface area contributed by atoms with Crippen LogP contribution in [0.25, 0.3) is 0 Å². The highest BCUT2D eigenvalue weighted by Crippen LogP contribution is 2.39. The lowest BCUT2D eigenvalue weighted by atomic mass is 9.90. The number of benzene rings is 1. The molecule has 0 aliphatic carbocycles. The Morgan fingerprint density at radius 3 is 2.78 bits per heavy atom. The summed E-state index contributed by atoms with van der Waals surface area (Å²) in [6.45, 7) is 1.91. The molecule has 3 nitrogen and oxygen atoms in total. The molecule has 0 saturated carbocycles. The normalized spacial score (nSPS) is 16.8. The molecular formula is C13H17ClFNO2. The highest BCUT2D eigenvalue weighted by atomic mass is 35.5. The van der Waals surface area contributed by atoms with Gasteiger partial charge in [-0.3, -0.25) is 0 Å². The van der Waals surface area contributed by atoms with E-state index in [9.17, 15) is 9.50 Å². The summed E-state index contributed by atoms with van der Waals surface area (Å²) >= 11 is 5.94. The largest absolute Gasteiger partial charge is 0.504 e. The van der Waals surface area contributed by atoms with Gasteiger partial charge in [0.05, 0.1) is 12.1 Å². The molecule has 0 bridgehead atoms. The third-order valence-electron chi connectivity index (χ3n) is 3.42. The van der Waals surface area contributed by atoms with Crippen LogP contribution in [-0.2, 0) is 6.42 Å². The molecule has 0 amide bonds. The summed E-state index contributed by atoms with van der Waals surface area (Å²) in [7, 11) is 1.40. The van der Waals surface area contributed by atoms with Gasteiger partial charge in [-0.2, -0.15) is 0 Å². The SMILES string of the molecule is COc1cc(F)c(Cl)c(CC2CCNCC2)c1O. The minimum Gasteiger partial charge on any atom is -0.504 e. The van der Waals surface area contributed by atoms with E-state index in [4.69, 9.17) is 16.3 Å². The Balaban J connectivity index is 2.27. The molecule has 5 heteroatoms. The number of phenols is 1. The number of hydrogen-bond donors (Lipinski definition) is 2. The van der Waals surface area contributed by atoms with Crippen molar-refractivity contribution in [1.29, 1.82) is 0 Å². The number of rotatable bonds is 3. The molecule has 2 rings (SSSR count). The monoisotopic (exact) mass is 273 g/mol. The van der Waals surface area contributed by atoms with Crippen molar-refractivity contribution in [3.8, 4) is 11.5 Å². The molecule has 18 heavy (non-hydrogen) atoms. The van der Waals surface area contributed by atoms with Gasteiger partial charge in [-0.05, 0) is 38.3 Å². The predicted molar refractivity (Wildman–Crippen MR) is 68.9 cm³/mol. The second-order valence-corrected chi connectivity index (χ2v) is 4.98. The fraction of sp³-hybridized carbons (Fsp3) is 0.538. The highest BCUT2D eigenvalue weighted by molar-refractivity contribution is 6.31. The van der Waals surface area contributed by atoms with Crippen LogP contribution in [0.15, 0.2) is 6.07 Å². The van der Waals surface area contributed by atoms with Crippen molar-refractivity contribution in [2.45, 2.75) is 19.3 Å². The maximum absolute atomic E-state index is 13.6. The average Bonchev–Trinajstić information content (AvgIpc) is 2.40. The van der Waals surface area contributed by atoms with E-state index < -0.39 is 5.82 Å². The minimum absolute atomic E-state index is 0.00633. The zero-order chi connectivity index (χ0) is 13.1. The van der Waals surface area contributed by atoms with Gasteiger partial charge in [0.15, 0.2) is 11.5 Å². The molecule has 0 spiro atoms. The van der Waals surface area contributed by atoms with Gasteiger partial charge in [-0.1, -0.05) is 11.6 Å². The van der Waals surface area contributed by atoms with Gasteiger partial charge in [0.2, 0.25) is 0 Å². The zero-order valence-corrected chi connectivity index (χ0v) is 11.1. The van der Waals surface area contributed by atoms with E-state index in [-0.39, 0.29) is 16.5 Å². The number of phenolic OH excluding ortho intramolecular Hbond substituents is 1. The Morgan fingerprint density at radius 1 is 1.50 bits per heavy atom. The molecule has 1 saturated heterocycles. The molecule has 0 radical (unpaired) electrons. The van der Waals surface area contributed by atoms with E-state index in [1.165, 1.54) is 7.11 Å². The van der Waals surface area contributed by atoms with Gasteiger partial charge in [-0.15, -0.1) is 0 Å². The average molecular weight is 274 g/mol. The lowest BCUT2D eigenvalue weighted by Crippen LogP contribution is -2.28. The Labute approximate surface area is 111 Å². The van der Waals surface area contributed by atoms with Crippen molar-refractivity contribution in [1.82, 2.24) is 5.32 Å². The standard InChI is InChI=1S/C13H17ClFNO2/c1-18-11-7-10(15)12(14)9(13(11)17)6-8-2-4-16-5-3-8/h7-8,16-17H,2-6H2,1H3. The van der Waals surface area contributed by atoms with E-state index in [1.54, 1.807) is 0 Å². The number of piperidine rings is 1. The Morgan fingerprint density at radius 2 is 2.17 bits per heavy atom. The Bertz CT molecular complexity index is 433. The summed E-state index contributed by atoms with van der Waals surface area (Å²) < 4.78 is 18.6. The molecule has 1 heterocycles. The fourth-order valence-electron chi connectivity index (χ4n) is 2.36. The first-order valence-corrected chi connectivity index (χ1v) is 6.45. The zero-order valence-electron chi connectivity index (χ0n) is 10.3. The molecule has 2 N–H and O–H groups in total.